The molecule has 1 saturated heterocycles. The molecule has 2 aliphatic rings. The summed E-state index contributed by atoms with van der Waals surface area (Å²) in [6, 6.07) is 0.268. The summed E-state index contributed by atoms with van der Waals surface area (Å²) in [5.41, 5.74) is 0.205. The van der Waals surface area contributed by atoms with Gasteiger partial charge in [0.05, 0.1) is 5.57 Å². The van der Waals surface area contributed by atoms with Crippen molar-refractivity contribution < 1.29 is 15.0 Å². The highest BCUT2D eigenvalue weighted by atomic mass is 16.4. The van der Waals surface area contributed by atoms with Crippen molar-refractivity contribution in [2.75, 3.05) is 7.05 Å². The Hall–Kier alpha value is -1.03. The number of carbonyl (C=O) groups is 1. The van der Waals surface area contributed by atoms with Gasteiger partial charge >= 0.3 is 5.97 Å². The minimum atomic E-state index is -0.977. The van der Waals surface area contributed by atoms with Crippen LogP contribution in [0.25, 0.3) is 0 Å². The van der Waals surface area contributed by atoms with E-state index in [-0.39, 0.29) is 17.4 Å². The van der Waals surface area contributed by atoms with Crippen LogP contribution in [-0.2, 0) is 4.79 Å². The van der Waals surface area contributed by atoms with Crippen LogP contribution in [0.15, 0.2) is 11.3 Å². The third kappa shape index (κ3) is 1.13. The molecule has 0 aromatic rings. The second-order valence-corrected chi connectivity index (χ2v) is 3.78. The molecule has 4 nitrogen and oxygen atoms in total. The highest BCUT2D eigenvalue weighted by molar-refractivity contribution is 5.89. The molecule has 0 radical (unpaired) electrons. The number of carboxylic acid groups (broad SMARTS) is 1. The number of aliphatic hydroxyl groups is 1. The summed E-state index contributed by atoms with van der Waals surface area (Å²) in [6.07, 6.45) is 2.34. The van der Waals surface area contributed by atoms with Gasteiger partial charge in [0.2, 0.25) is 0 Å². The Morgan fingerprint density at radius 1 is 1.54 bits per heavy atom. The van der Waals surface area contributed by atoms with E-state index < -0.39 is 5.97 Å². The standard InChI is InChI=1S/C9H13NO3/c1-10-5-2-3-6(10)8(9(12)13)7(11)4-5/h5-6,11H,2-4H2,1H3,(H,12,13)/t5-,6+/m0/s1. The van der Waals surface area contributed by atoms with Crippen LogP contribution in [0.5, 0.6) is 0 Å². The second-order valence-electron chi connectivity index (χ2n) is 3.78. The average molecular weight is 183 g/mol. The first-order valence-corrected chi connectivity index (χ1v) is 4.48. The largest absolute Gasteiger partial charge is 0.512 e. The monoisotopic (exact) mass is 183 g/mol. The van der Waals surface area contributed by atoms with Crippen molar-refractivity contribution in [3.05, 3.63) is 11.3 Å². The fourth-order valence-corrected chi connectivity index (χ4v) is 2.40. The van der Waals surface area contributed by atoms with E-state index in [0.29, 0.717) is 12.5 Å². The number of aliphatic hydroxyl groups excluding tert-OH is 1. The minimum absolute atomic E-state index is 0.0729. The van der Waals surface area contributed by atoms with Gasteiger partial charge in [-0.05, 0) is 19.9 Å². The fraction of sp³-hybridized carbons (Fsp3) is 0.667. The first-order chi connectivity index (χ1) is 6.11. The highest BCUT2D eigenvalue weighted by Gasteiger charge is 2.41. The van der Waals surface area contributed by atoms with E-state index in [2.05, 4.69) is 4.90 Å². The van der Waals surface area contributed by atoms with E-state index in [1.54, 1.807) is 0 Å². The SMILES string of the molecule is CN1[C@H]2CC[C@@H]1C(C(=O)O)=C(O)C2. The molecule has 0 aliphatic carbocycles. The lowest BCUT2D eigenvalue weighted by Crippen LogP contribution is -2.40. The van der Waals surface area contributed by atoms with Gasteiger partial charge in [0, 0.05) is 18.5 Å². The van der Waals surface area contributed by atoms with Crippen LogP contribution in [0.4, 0.5) is 0 Å². The van der Waals surface area contributed by atoms with Gasteiger partial charge in [-0.3, -0.25) is 4.90 Å². The van der Waals surface area contributed by atoms with Crippen molar-refractivity contribution in [2.45, 2.75) is 31.3 Å². The predicted molar refractivity (Wildman–Crippen MR) is 46.5 cm³/mol. The first kappa shape index (κ1) is 8.56. The van der Waals surface area contributed by atoms with Gasteiger partial charge < -0.3 is 10.2 Å². The summed E-state index contributed by atoms with van der Waals surface area (Å²) >= 11 is 0. The molecular formula is C9H13NO3. The van der Waals surface area contributed by atoms with E-state index in [4.69, 9.17) is 5.11 Å². The molecule has 0 amide bonds. The molecule has 2 rings (SSSR count). The summed E-state index contributed by atoms with van der Waals surface area (Å²) in [5, 5.41) is 18.4. The average Bonchev–Trinajstić information content (AvgIpc) is 2.34. The minimum Gasteiger partial charge on any atom is -0.512 e. The maximum absolute atomic E-state index is 10.9. The Morgan fingerprint density at radius 3 is 2.85 bits per heavy atom. The van der Waals surface area contributed by atoms with Crippen molar-refractivity contribution in [3.8, 4) is 0 Å². The Morgan fingerprint density at radius 2 is 2.23 bits per heavy atom. The highest BCUT2D eigenvalue weighted by Crippen LogP contribution is 2.36. The van der Waals surface area contributed by atoms with Crippen LogP contribution in [-0.4, -0.2) is 40.2 Å². The van der Waals surface area contributed by atoms with Crippen molar-refractivity contribution in [1.29, 1.82) is 0 Å². The number of likely N-dealkylation sites (N-methyl/N-ethyl adjacent to an activating group) is 1. The quantitative estimate of drug-likeness (QED) is 0.629. The lowest BCUT2D eigenvalue weighted by atomic mass is 10.0. The van der Waals surface area contributed by atoms with E-state index in [1.807, 2.05) is 7.05 Å². The molecule has 1 fully saturated rings. The number of aliphatic carboxylic acids is 1. The van der Waals surface area contributed by atoms with Gasteiger partial charge in [0.1, 0.15) is 5.76 Å². The molecule has 2 heterocycles. The molecule has 2 N–H and O–H groups in total. The Kier molecular flexibility index (Phi) is 1.80. The van der Waals surface area contributed by atoms with Gasteiger partial charge in [-0.2, -0.15) is 0 Å². The zero-order valence-electron chi connectivity index (χ0n) is 7.53. The lowest BCUT2D eigenvalue weighted by Gasteiger charge is -2.31. The maximum atomic E-state index is 10.9. The molecule has 2 bridgehead atoms. The predicted octanol–water partition coefficient (Wildman–Crippen LogP) is 0.750. The summed E-state index contributed by atoms with van der Waals surface area (Å²) < 4.78 is 0. The zero-order valence-corrected chi connectivity index (χ0v) is 7.53. The fourth-order valence-electron chi connectivity index (χ4n) is 2.40. The second kappa shape index (κ2) is 2.73. The Bertz CT molecular complexity index is 285. The molecule has 72 valence electrons. The molecule has 4 heteroatoms. The van der Waals surface area contributed by atoms with Crippen LogP contribution < -0.4 is 0 Å². The van der Waals surface area contributed by atoms with Gasteiger partial charge in [0.25, 0.3) is 0 Å². The van der Waals surface area contributed by atoms with Gasteiger partial charge in [-0.15, -0.1) is 0 Å². The summed E-state index contributed by atoms with van der Waals surface area (Å²) in [6.45, 7) is 0. The number of hydrogen-bond acceptors (Lipinski definition) is 3. The molecule has 0 aromatic heterocycles. The molecular weight excluding hydrogens is 170 g/mol. The van der Waals surface area contributed by atoms with Crippen molar-refractivity contribution in [2.24, 2.45) is 0 Å². The normalized spacial score (nSPS) is 33.9. The van der Waals surface area contributed by atoms with Crippen molar-refractivity contribution in [1.82, 2.24) is 4.90 Å². The first-order valence-electron chi connectivity index (χ1n) is 4.48. The molecule has 2 atom stereocenters. The molecule has 13 heavy (non-hydrogen) atoms. The lowest BCUT2D eigenvalue weighted by molar-refractivity contribution is -0.133. The molecule has 0 saturated carbocycles. The summed E-state index contributed by atoms with van der Waals surface area (Å²) in [4.78, 5) is 12.9. The smallest absolute Gasteiger partial charge is 0.336 e. The van der Waals surface area contributed by atoms with Gasteiger partial charge in [0.15, 0.2) is 0 Å². The molecule has 0 unspecified atom stereocenters. The number of rotatable bonds is 1. The van der Waals surface area contributed by atoms with Crippen LogP contribution in [0.3, 0.4) is 0 Å². The summed E-state index contributed by atoms with van der Waals surface area (Å²) in [7, 11) is 1.93. The maximum Gasteiger partial charge on any atom is 0.336 e. The molecule has 2 aliphatic heterocycles. The van der Waals surface area contributed by atoms with E-state index >= 15 is 0 Å². The van der Waals surface area contributed by atoms with E-state index in [9.17, 15) is 9.90 Å². The number of hydrogen-bond donors (Lipinski definition) is 2. The van der Waals surface area contributed by atoms with Gasteiger partial charge in [-0.25, -0.2) is 4.79 Å². The number of fused-ring (bicyclic) bond motifs is 2. The van der Waals surface area contributed by atoms with Crippen molar-refractivity contribution in [3.63, 3.8) is 0 Å². The molecule has 0 spiro atoms. The van der Waals surface area contributed by atoms with Crippen LogP contribution in [0, 0.1) is 0 Å². The van der Waals surface area contributed by atoms with Crippen LogP contribution in [0.1, 0.15) is 19.3 Å². The Balaban J connectivity index is 2.38. The summed E-state index contributed by atoms with van der Waals surface area (Å²) in [5.74, 6) is -0.896. The topological polar surface area (TPSA) is 60.8 Å². The zero-order chi connectivity index (χ0) is 9.59. The number of nitrogens with zero attached hydrogens (tertiary/aromatic N) is 1. The number of carboxylic acids is 1. The van der Waals surface area contributed by atoms with Crippen LogP contribution in [0.2, 0.25) is 0 Å². The van der Waals surface area contributed by atoms with Gasteiger partial charge in [-0.1, -0.05) is 0 Å². The Labute approximate surface area is 76.5 Å². The molecule has 0 aromatic carbocycles. The third-order valence-corrected chi connectivity index (χ3v) is 3.14. The van der Waals surface area contributed by atoms with E-state index in [1.165, 1.54) is 0 Å². The van der Waals surface area contributed by atoms with E-state index in [0.717, 1.165) is 12.8 Å². The third-order valence-electron chi connectivity index (χ3n) is 3.14. The van der Waals surface area contributed by atoms with Crippen molar-refractivity contribution >= 4 is 5.97 Å². The van der Waals surface area contributed by atoms with Crippen LogP contribution >= 0.6 is 0 Å².